The summed E-state index contributed by atoms with van der Waals surface area (Å²) in [5.74, 6) is 0.705. The van der Waals surface area contributed by atoms with Crippen molar-refractivity contribution in [1.82, 2.24) is 4.98 Å². The Labute approximate surface area is 170 Å². The maximum absolute atomic E-state index is 12.6. The second-order valence-corrected chi connectivity index (χ2v) is 8.12. The number of hydrogen-bond acceptors (Lipinski definition) is 6. The molecule has 1 atom stereocenters. The second kappa shape index (κ2) is 9.21. The van der Waals surface area contributed by atoms with E-state index in [0.717, 1.165) is 41.8 Å². The van der Waals surface area contributed by atoms with E-state index in [2.05, 4.69) is 22.2 Å². The number of anilines is 1. The number of hydrogen-bond donors (Lipinski definition) is 2. The molecular weight excluding hydrogens is 372 g/mol. The van der Waals surface area contributed by atoms with Crippen molar-refractivity contribution in [3.8, 4) is 0 Å². The molecule has 2 heterocycles. The molecule has 6 nitrogen and oxygen atoms in total. The van der Waals surface area contributed by atoms with Crippen LogP contribution in [0.4, 0.5) is 5.69 Å². The van der Waals surface area contributed by atoms with Gasteiger partial charge in [-0.25, -0.2) is 0 Å². The molecule has 3 rings (SSSR count). The fourth-order valence-corrected chi connectivity index (χ4v) is 4.12. The molecule has 1 aromatic heterocycles. The van der Waals surface area contributed by atoms with Gasteiger partial charge in [0.2, 0.25) is 0 Å². The Balaban J connectivity index is 1.68. The van der Waals surface area contributed by atoms with E-state index in [1.54, 1.807) is 31.1 Å². The summed E-state index contributed by atoms with van der Waals surface area (Å²) in [5.41, 5.74) is 8.80. The maximum Gasteiger partial charge on any atom is 0.274 e. The van der Waals surface area contributed by atoms with E-state index in [1.807, 2.05) is 30.3 Å². The third-order valence-corrected chi connectivity index (χ3v) is 5.60. The van der Waals surface area contributed by atoms with Crippen molar-refractivity contribution in [1.29, 1.82) is 0 Å². The van der Waals surface area contributed by atoms with Crippen molar-refractivity contribution in [2.45, 2.75) is 31.7 Å². The van der Waals surface area contributed by atoms with E-state index in [4.69, 9.17) is 10.5 Å². The van der Waals surface area contributed by atoms with Crippen molar-refractivity contribution in [3.63, 3.8) is 0 Å². The van der Waals surface area contributed by atoms with Crippen LogP contribution in [0.1, 0.15) is 41.4 Å². The quantitative estimate of drug-likeness (QED) is 0.696. The summed E-state index contributed by atoms with van der Waals surface area (Å²) in [4.78, 5) is 21.5. The van der Waals surface area contributed by atoms with Gasteiger partial charge in [0.25, 0.3) is 5.91 Å². The first kappa shape index (κ1) is 20.4. The predicted molar refractivity (Wildman–Crippen MR) is 115 cm³/mol. The number of ether oxygens (including phenoxy) is 1. The predicted octanol–water partition coefficient (Wildman–Crippen LogP) is 3.58. The molecular formula is C21H26N4O2S. The number of benzene rings is 1. The normalized spacial score (nSPS) is 19.1. The Bertz CT molecular complexity index is 854. The van der Waals surface area contributed by atoms with Crippen LogP contribution in [0.25, 0.3) is 0 Å². The zero-order chi connectivity index (χ0) is 20.0. The molecule has 2 aromatic rings. The summed E-state index contributed by atoms with van der Waals surface area (Å²) in [6.07, 6.45) is 4.47. The first-order valence-corrected chi connectivity index (χ1v) is 10.3. The van der Waals surface area contributed by atoms with Crippen LogP contribution in [-0.4, -0.2) is 35.5 Å². The van der Waals surface area contributed by atoms with Gasteiger partial charge in [0, 0.05) is 31.4 Å². The Morgan fingerprint density at radius 1 is 1.36 bits per heavy atom. The van der Waals surface area contributed by atoms with Gasteiger partial charge >= 0.3 is 0 Å². The van der Waals surface area contributed by atoms with Crippen molar-refractivity contribution in [2.75, 3.05) is 24.8 Å². The van der Waals surface area contributed by atoms with Crippen LogP contribution in [0.2, 0.25) is 0 Å². The highest BCUT2D eigenvalue weighted by molar-refractivity contribution is 8.13. The summed E-state index contributed by atoms with van der Waals surface area (Å²) in [5, 5.41) is 3.54. The molecule has 0 saturated carbocycles. The molecule has 1 amide bonds. The fraction of sp³-hybridized carbons (Fsp3) is 0.381. The topological polar surface area (TPSA) is 89.6 Å². The summed E-state index contributed by atoms with van der Waals surface area (Å²) in [6, 6.07) is 11.5. The Morgan fingerprint density at radius 2 is 2.21 bits per heavy atom. The molecule has 0 saturated heterocycles. The van der Waals surface area contributed by atoms with Gasteiger partial charge in [0.1, 0.15) is 5.69 Å². The SMILES string of the molecule is COCCCc1ccc(C(=O)Nc2cccc(C3(C)CCSC(N)=N3)c2)nc1. The van der Waals surface area contributed by atoms with Crippen LogP contribution in [0.5, 0.6) is 0 Å². The number of amidine groups is 1. The number of nitrogens with zero attached hydrogens (tertiary/aromatic N) is 2. The number of methoxy groups -OCH3 is 1. The number of nitrogens with two attached hydrogens (primary N) is 1. The summed E-state index contributed by atoms with van der Waals surface area (Å²) in [7, 11) is 1.69. The number of thioether (sulfide) groups is 1. The Kier molecular flexibility index (Phi) is 6.70. The van der Waals surface area contributed by atoms with Gasteiger partial charge in [-0.15, -0.1) is 0 Å². The molecule has 28 heavy (non-hydrogen) atoms. The van der Waals surface area contributed by atoms with Gasteiger partial charge in [-0.05, 0) is 55.5 Å². The van der Waals surface area contributed by atoms with E-state index in [-0.39, 0.29) is 11.4 Å². The third-order valence-electron chi connectivity index (χ3n) is 4.81. The lowest BCUT2D eigenvalue weighted by Gasteiger charge is -2.30. The highest BCUT2D eigenvalue weighted by Crippen LogP contribution is 2.35. The first-order valence-electron chi connectivity index (χ1n) is 9.34. The molecule has 7 heteroatoms. The van der Waals surface area contributed by atoms with Crippen molar-refractivity contribution < 1.29 is 9.53 Å². The highest BCUT2D eigenvalue weighted by atomic mass is 32.2. The van der Waals surface area contributed by atoms with Crippen LogP contribution in [0.3, 0.4) is 0 Å². The van der Waals surface area contributed by atoms with E-state index in [9.17, 15) is 4.79 Å². The van der Waals surface area contributed by atoms with Crippen LogP contribution in [0.15, 0.2) is 47.6 Å². The zero-order valence-electron chi connectivity index (χ0n) is 16.3. The number of pyridine rings is 1. The van der Waals surface area contributed by atoms with Crippen LogP contribution < -0.4 is 11.1 Å². The van der Waals surface area contributed by atoms with Gasteiger partial charge in [-0.2, -0.15) is 0 Å². The van der Waals surface area contributed by atoms with Crippen LogP contribution >= 0.6 is 11.8 Å². The van der Waals surface area contributed by atoms with E-state index >= 15 is 0 Å². The number of aryl methyl sites for hydroxylation is 1. The molecule has 1 unspecified atom stereocenters. The van der Waals surface area contributed by atoms with E-state index in [0.29, 0.717) is 17.5 Å². The van der Waals surface area contributed by atoms with Gasteiger partial charge < -0.3 is 15.8 Å². The summed E-state index contributed by atoms with van der Waals surface area (Å²) >= 11 is 1.58. The second-order valence-electron chi connectivity index (χ2n) is 7.01. The van der Waals surface area contributed by atoms with Crippen LogP contribution in [0, 0.1) is 0 Å². The molecule has 0 aliphatic carbocycles. The number of rotatable bonds is 7. The minimum Gasteiger partial charge on any atom is -0.385 e. The van der Waals surface area contributed by atoms with Crippen LogP contribution in [-0.2, 0) is 16.7 Å². The molecule has 0 fully saturated rings. The third kappa shape index (κ3) is 5.11. The molecule has 0 bridgehead atoms. The Hall–Kier alpha value is -2.38. The molecule has 1 aliphatic heterocycles. The number of amides is 1. The van der Waals surface area contributed by atoms with Gasteiger partial charge in [0.05, 0.1) is 5.54 Å². The molecule has 1 aromatic carbocycles. The van der Waals surface area contributed by atoms with Gasteiger partial charge in [0.15, 0.2) is 5.17 Å². The largest absolute Gasteiger partial charge is 0.385 e. The number of aliphatic imine (C=N–C) groups is 1. The zero-order valence-corrected chi connectivity index (χ0v) is 17.1. The summed E-state index contributed by atoms with van der Waals surface area (Å²) < 4.78 is 5.06. The van der Waals surface area contributed by atoms with Gasteiger partial charge in [-0.1, -0.05) is 30.0 Å². The number of carbonyl (C=O) groups is 1. The fourth-order valence-electron chi connectivity index (χ4n) is 3.15. The smallest absolute Gasteiger partial charge is 0.274 e. The highest BCUT2D eigenvalue weighted by Gasteiger charge is 2.29. The number of carbonyl (C=O) groups excluding carboxylic acids is 1. The lowest BCUT2D eigenvalue weighted by atomic mass is 9.89. The van der Waals surface area contributed by atoms with E-state index in [1.165, 1.54) is 0 Å². The number of nitrogens with one attached hydrogen (secondary N) is 1. The van der Waals surface area contributed by atoms with Crippen molar-refractivity contribution >= 4 is 28.5 Å². The maximum atomic E-state index is 12.6. The molecule has 1 aliphatic rings. The average molecular weight is 399 g/mol. The van der Waals surface area contributed by atoms with Crippen molar-refractivity contribution in [3.05, 3.63) is 59.4 Å². The molecule has 148 valence electrons. The minimum absolute atomic E-state index is 0.229. The molecule has 0 radical (unpaired) electrons. The monoisotopic (exact) mass is 398 g/mol. The summed E-state index contributed by atoms with van der Waals surface area (Å²) in [6.45, 7) is 2.79. The minimum atomic E-state index is -0.363. The van der Waals surface area contributed by atoms with Gasteiger partial charge in [-0.3, -0.25) is 14.8 Å². The van der Waals surface area contributed by atoms with E-state index < -0.39 is 0 Å². The standard InChI is InChI=1S/C21H26N4O2S/c1-21(10-12-28-20(22)25-21)16-6-3-7-17(13-16)24-19(26)18-9-8-15(14-23-18)5-4-11-27-2/h3,6-9,13-14H,4-5,10-12H2,1-2H3,(H2,22,25)(H,24,26). The molecule has 0 spiro atoms. The lowest BCUT2D eigenvalue weighted by molar-refractivity contribution is 0.102. The average Bonchev–Trinajstić information content (AvgIpc) is 2.69. The Morgan fingerprint density at radius 3 is 2.93 bits per heavy atom. The molecule has 3 N–H and O–H groups in total. The number of aromatic nitrogens is 1. The lowest BCUT2D eigenvalue weighted by Crippen LogP contribution is -2.28. The van der Waals surface area contributed by atoms with Crippen molar-refractivity contribution in [2.24, 2.45) is 10.7 Å². The first-order chi connectivity index (χ1) is 13.5.